The molecule has 0 aliphatic carbocycles. The fourth-order valence-electron chi connectivity index (χ4n) is 1.43. The fourth-order valence-corrected chi connectivity index (χ4v) is 1.94. The Balaban J connectivity index is 2.73. The number of rotatable bonds is 2. The molecule has 2 aromatic rings. The van der Waals surface area contributed by atoms with Crippen molar-refractivity contribution in [3.05, 3.63) is 38.9 Å². The quantitative estimate of drug-likeness (QED) is 0.789. The molecule has 0 saturated heterocycles. The summed E-state index contributed by atoms with van der Waals surface area (Å²) in [6.45, 7) is -1.12. The van der Waals surface area contributed by atoms with E-state index in [-0.39, 0.29) is 11.4 Å². The Morgan fingerprint density at radius 3 is 2.63 bits per heavy atom. The third-order valence-corrected chi connectivity index (χ3v) is 2.95. The van der Waals surface area contributed by atoms with Crippen LogP contribution in [0.3, 0.4) is 0 Å². The smallest absolute Gasteiger partial charge is 0.434 e. The molecule has 2 rings (SSSR count). The minimum absolute atomic E-state index is 0.00515. The fraction of sp³-hybridized carbons (Fsp3) is 0.200. The van der Waals surface area contributed by atoms with Crippen molar-refractivity contribution in [3.63, 3.8) is 0 Å². The predicted molar refractivity (Wildman–Crippen MR) is 60.8 cm³/mol. The van der Waals surface area contributed by atoms with Gasteiger partial charge in [0.05, 0.1) is 6.20 Å². The maximum Gasteiger partial charge on any atom is 0.434 e. The third kappa shape index (κ3) is 2.55. The molecule has 0 N–H and O–H groups in total. The summed E-state index contributed by atoms with van der Waals surface area (Å²) < 4.78 is 54.6. The van der Waals surface area contributed by atoms with Gasteiger partial charge in [-0.2, -0.15) is 13.2 Å². The molecule has 0 unspecified atom stereocenters. The number of alkyl halides is 4. The molecule has 9 heteroatoms. The highest BCUT2D eigenvalue weighted by molar-refractivity contribution is 9.10. The summed E-state index contributed by atoms with van der Waals surface area (Å²) in [6, 6.07) is 2.35. The van der Waals surface area contributed by atoms with Gasteiger partial charge in [0.15, 0.2) is 5.69 Å². The highest BCUT2D eigenvalue weighted by atomic mass is 79.9. The molecule has 4 nitrogen and oxygen atoms in total. The summed E-state index contributed by atoms with van der Waals surface area (Å²) in [4.78, 5) is 15.1. The Bertz CT molecular complexity index is 684. The number of aromatic nitrogens is 2. The minimum Gasteiger partial charge on any atom is -0.461 e. The highest BCUT2D eigenvalue weighted by Gasteiger charge is 2.36. The second-order valence-electron chi connectivity index (χ2n) is 3.42. The molecule has 0 radical (unpaired) electrons. The van der Waals surface area contributed by atoms with E-state index >= 15 is 0 Å². The number of fused-ring (bicyclic) bond motifs is 1. The summed E-state index contributed by atoms with van der Waals surface area (Å²) >= 11 is 2.57. The van der Waals surface area contributed by atoms with Crippen LogP contribution in [0.2, 0.25) is 0 Å². The zero-order chi connectivity index (χ0) is 14.2. The van der Waals surface area contributed by atoms with E-state index in [1.807, 2.05) is 0 Å². The van der Waals surface area contributed by atoms with Crippen LogP contribution < -0.4 is 10.3 Å². The van der Waals surface area contributed by atoms with Crippen LogP contribution in [0.5, 0.6) is 5.75 Å². The Hall–Kier alpha value is -1.64. The number of pyridine rings is 1. The molecule has 0 atom stereocenters. The Morgan fingerprint density at radius 1 is 1.37 bits per heavy atom. The van der Waals surface area contributed by atoms with Crippen molar-refractivity contribution in [1.29, 1.82) is 0 Å². The lowest BCUT2D eigenvalue weighted by Crippen LogP contribution is -2.22. The molecular formula is C10H5BrF4N2O2. The van der Waals surface area contributed by atoms with E-state index in [4.69, 9.17) is 0 Å². The SMILES string of the molecule is O=c1c(Br)c(C(F)(F)F)nc2ccc(OCF)cn12. The van der Waals surface area contributed by atoms with Crippen molar-refractivity contribution in [2.75, 3.05) is 6.86 Å². The highest BCUT2D eigenvalue weighted by Crippen LogP contribution is 2.31. The average molecular weight is 341 g/mol. The Labute approximate surface area is 111 Å². The Kier molecular flexibility index (Phi) is 3.48. The lowest BCUT2D eigenvalue weighted by molar-refractivity contribution is -0.141. The summed E-state index contributed by atoms with van der Waals surface area (Å²) in [5, 5.41) is 0. The molecule has 0 amide bonds. The molecule has 0 bridgehead atoms. The number of hydrogen-bond donors (Lipinski definition) is 0. The number of nitrogens with zero attached hydrogens (tertiary/aromatic N) is 2. The van der Waals surface area contributed by atoms with Gasteiger partial charge in [-0.1, -0.05) is 0 Å². The van der Waals surface area contributed by atoms with Gasteiger partial charge in [-0.25, -0.2) is 9.37 Å². The van der Waals surface area contributed by atoms with Crippen molar-refractivity contribution >= 4 is 21.6 Å². The maximum atomic E-state index is 12.6. The van der Waals surface area contributed by atoms with Crippen LogP contribution in [0, 0.1) is 0 Å². The molecule has 0 saturated carbocycles. The zero-order valence-electron chi connectivity index (χ0n) is 9.04. The molecule has 0 fully saturated rings. The van der Waals surface area contributed by atoms with Gasteiger partial charge in [-0.15, -0.1) is 0 Å². The first-order valence-corrected chi connectivity index (χ1v) is 5.62. The molecule has 0 aromatic carbocycles. The molecular weight excluding hydrogens is 336 g/mol. The molecule has 2 aromatic heterocycles. The first kappa shape index (κ1) is 13.8. The summed E-state index contributed by atoms with van der Waals surface area (Å²) in [5.41, 5.74) is -2.48. The summed E-state index contributed by atoms with van der Waals surface area (Å²) in [5.74, 6) is 0.00515. The van der Waals surface area contributed by atoms with Crippen molar-refractivity contribution in [2.24, 2.45) is 0 Å². The van der Waals surface area contributed by atoms with E-state index in [1.165, 1.54) is 6.07 Å². The van der Waals surface area contributed by atoms with E-state index in [0.717, 1.165) is 16.7 Å². The van der Waals surface area contributed by atoms with Crippen molar-refractivity contribution in [3.8, 4) is 5.75 Å². The average Bonchev–Trinajstić information content (AvgIpc) is 2.33. The van der Waals surface area contributed by atoms with Gasteiger partial charge >= 0.3 is 6.18 Å². The van der Waals surface area contributed by atoms with Crippen LogP contribution in [0.4, 0.5) is 17.6 Å². The number of hydrogen-bond acceptors (Lipinski definition) is 3. The lowest BCUT2D eigenvalue weighted by Gasteiger charge is -2.10. The van der Waals surface area contributed by atoms with Crippen LogP contribution in [-0.2, 0) is 6.18 Å². The third-order valence-electron chi connectivity index (χ3n) is 2.23. The minimum atomic E-state index is -4.75. The maximum absolute atomic E-state index is 12.6. The summed E-state index contributed by atoms with van der Waals surface area (Å²) in [7, 11) is 0. The number of halogens is 5. The topological polar surface area (TPSA) is 43.6 Å². The van der Waals surface area contributed by atoms with E-state index in [2.05, 4.69) is 25.7 Å². The van der Waals surface area contributed by atoms with E-state index in [1.54, 1.807) is 0 Å². The molecule has 102 valence electrons. The molecule has 0 aliphatic rings. The van der Waals surface area contributed by atoms with Gasteiger partial charge in [-0.3, -0.25) is 9.20 Å². The van der Waals surface area contributed by atoms with Gasteiger partial charge in [0.1, 0.15) is 15.9 Å². The summed E-state index contributed by atoms with van der Waals surface area (Å²) in [6.07, 6.45) is -3.68. The largest absolute Gasteiger partial charge is 0.461 e. The molecule has 0 spiro atoms. The van der Waals surface area contributed by atoms with E-state index in [0.29, 0.717) is 0 Å². The van der Waals surface area contributed by atoms with Crippen molar-refractivity contribution < 1.29 is 22.3 Å². The lowest BCUT2D eigenvalue weighted by atomic mass is 10.3. The number of ether oxygens (including phenoxy) is 1. The normalized spacial score (nSPS) is 11.8. The molecule has 0 aliphatic heterocycles. The van der Waals surface area contributed by atoms with Gasteiger partial charge in [-0.05, 0) is 28.1 Å². The van der Waals surface area contributed by atoms with E-state index < -0.39 is 28.8 Å². The van der Waals surface area contributed by atoms with Gasteiger partial charge in [0.25, 0.3) is 5.56 Å². The van der Waals surface area contributed by atoms with Crippen molar-refractivity contribution in [1.82, 2.24) is 9.38 Å². The Morgan fingerprint density at radius 2 is 2.05 bits per heavy atom. The van der Waals surface area contributed by atoms with Crippen LogP contribution in [-0.4, -0.2) is 16.2 Å². The standard InChI is InChI=1S/C10H5BrF4N2O2/c11-7-8(10(13,14)15)16-6-2-1-5(19-4-12)3-17(6)9(7)18/h1-3H,4H2. The van der Waals surface area contributed by atoms with Crippen LogP contribution in [0.15, 0.2) is 27.6 Å². The van der Waals surface area contributed by atoms with Crippen LogP contribution in [0.25, 0.3) is 5.65 Å². The van der Waals surface area contributed by atoms with Gasteiger partial charge in [0.2, 0.25) is 6.86 Å². The monoisotopic (exact) mass is 340 g/mol. The van der Waals surface area contributed by atoms with Crippen LogP contribution in [0.1, 0.15) is 5.69 Å². The van der Waals surface area contributed by atoms with Gasteiger partial charge in [0, 0.05) is 0 Å². The molecule has 2 heterocycles. The second kappa shape index (κ2) is 4.80. The second-order valence-corrected chi connectivity index (χ2v) is 4.22. The van der Waals surface area contributed by atoms with Gasteiger partial charge < -0.3 is 4.74 Å². The van der Waals surface area contributed by atoms with Crippen LogP contribution >= 0.6 is 15.9 Å². The first-order valence-electron chi connectivity index (χ1n) is 4.82. The molecule has 19 heavy (non-hydrogen) atoms. The van der Waals surface area contributed by atoms with Crippen molar-refractivity contribution in [2.45, 2.75) is 6.18 Å². The predicted octanol–water partition coefficient (Wildman–Crippen LogP) is 2.78. The van der Waals surface area contributed by atoms with E-state index in [9.17, 15) is 22.4 Å². The first-order chi connectivity index (χ1) is 8.84. The zero-order valence-corrected chi connectivity index (χ0v) is 10.6.